The van der Waals surface area contributed by atoms with E-state index in [0.717, 1.165) is 12.1 Å². The Morgan fingerprint density at radius 2 is 1.73 bits per heavy atom. The summed E-state index contributed by atoms with van der Waals surface area (Å²) in [5, 5.41) is 11.7. The van der Waals surface area contributed by atoms with Gasteiger partial charge in [0, 0.05) is 6.54 Å². The van der Waals surface area contributed by atoms with E-state index in [1.165, 1.54) is 17.7 Å². The molecule has 1 atom stereocenters. The van der Waals surface area contributed by atoms with Crippen molar-refractivity contribution in [3.63, 3.8) is 0 Å². The summed E-state index contributed by atoms with van der Waals surface area (Å²) in [6.45, 7) is 5.26. The number of hydrogen-bond donors (Lipinski definition) is 3. The maximum absolute atomic E-state index is 11.3. The average molecular weight is 488 g/mol. The molecular formula is C18H25IN4O2S. The first kappa shape index (κ1) is 22.4. The Morgan fingerprint density at radius 3 is 2.27 bits per heavy atom. The van der Waals surface area contributed by atoms with E-state index in [9.17, 15) is 8.42 Å². The largest absolute Gasteiger partial charge is 0.357 e. The number of rotatable bonds is 6. The van der Waals surface area contributed by atoms with Gasteiger partial charge in [-0.2, -0.15) is 0 Å². The topological polar surface area (TPSA) is 96.6 Å². The van der Waals surface area contributed by atoms with Crippen molar-refractivity contribution >= 4 is 40.0 Å². The number of benzene rings is 2. The number of guanidine groups is 1. The fourth-order valence-electron chi connectivity index (χ4n) is 2.31. The minimum Gasteiger partial charge on any atom is -0.357 e. The van der Waals surface area contributed by atoms with Crippen LogP contribution in [-0.4, -0.2) is 20.9 Å². The Morgan fingerprint density at radius 1 is 1.12 bits per heavy atom. The van der Waals surface area contributed by atoms with Gasteiger partial charge in [0.2, 0.25) is 10.0 Å². The van der Waals surface area contributed by atoms with Crippen molar-refractivity contribution in [3.05, 3.63) is 65.7 Å². The van der Waals surface area contributed by atoms with E-state index < -0.39 is 10.0 Å². The van der Waals surface area contributed by atoms with Crippen LogP contribution in [0.5, 0.6) is 0 Å². The maximum Gasteiger partial charge on any atom is 0.238 e. The van der Waals surface area contributed by atoms with Crippen molar-refractivity contribution in [2.24, 2.45) is 10.1 Å². The summed E-state index contributed by atoms with van der Waals surface area (Å²) in [7, 11) is -3.67. The molecule has 0 fully saturated rings. The van der Waals surface area contributed by atoms with Crippen molar-refractivity contribution in [2.75, 3.05) is 6.54 Å². The molecule has 1 unspecified atom stereocenters. The molecule has 0 aromatic heterocycles. The lowest BCUT2D eigenvalue weighted by Crippen LogP contribution is -2.38. The van der Waals surface area contributed by atoms with Crippen LogP contribution in [-0.2, 0) is 16.6 Å². The third kappa shape index (κ3) is 6.93. The highest BCUT2D eigenvalue weighted by Crippen LogP contribution is 2.12. The van der Waals surface area contributed by atoms with Crippen molar-refractivity contribution < 1.29 is 8.42 Å². The SMILES string of the molecule is CCNC(=NCc1ccc(S(N)(=O)=O)cc1)NC(C)c1ccccc1.I. The Bertz CT molecular complexity index is 809. The van der Waals surface area contributed by atoms with Gasteiger partial charge in [-0.15, -0.1) is 24.0 Å². The lowest BCUT2D eigenvalue weighted by Gasteiger charge is -2.18. The number of hydrogen-bond acceptors (Lipinski definition) is 3. The van der Waals surface area contributed by atoms with Crippen LogP contribution in [0.2, 0.25) is 0 Å². The summed E-state index contributed by atoms with van der Waals surface area (Å²) in [5.41, 5.74) is 2.07. The Labute approximate surface area is 172 Å². The summed E-state index contributed by atoms with van der Waals surface area (Å²) in [6, 6.07) is 16.7. The van der Waals surface area contributed by atoms with Crippen LogP contribution in [0, 0.1) is 0 Å². The van der Waals surface area contributed by atoms with Gasteiger partial charge in [-0.05, 0) is 37.1 Å². The number of nitrogens with one attached hydrogen (secondary N) is 2. The van der Waals surface area contributed by atoms with Crippen LogP contribution in [0.1, 0.15) is 31.0 Å². The Balaban J connectivity index is 0.00000338. The van der Waals surface area contributed by atoms with E-state index >= 15 is 0 Å². The first-order valence-corrected chi connectivity index (χ1v) is 9.66. The van der Waals surface area contributed by atoms with Crippen LogP contribution in [0.25, 0.3) is 0 Å². The fourth-order valence-corrected chi connectivity index (χ4v) is 2.82. The van der Waals surface area contributed by atoms with Gasteiger partial charge >= 0.3 is 0 Å². The van der Waals surface area contributed by atoms with Gasteiger partial charge in [0.05, 0.1) is 17.5 Å². The predicted octanol–water partition coefficient (Wildman–Crippen LogP) is 2.77. The first-order chi connectivity index (χ1) is 11.9. The van der Waals surface area contributed by atoms with Gasteiger partial charge in [-0.25, -0.2) is 18.5 Å². The molecule has 2 aromatic rings. The summed E-state index contributed by atoms with van der Waals surface area (Å²) in [5.74, 6) is 0.703. The quantitative estimate of drug-likeness (QED) is 0.331. The maximum atomic E-state index is 11.3. The normalized spacial score (nSPS) is 12.8. The van der Waals surface area contributed by atoms with Gasteiger partial charge in [0.25, 0.3) is 0 Å². The van der Waals surface area contributed by atoms with Crippen LogP contribution in [0.15, 0.2) is 64.5 Å². The number of halogens is 1. The minimum absolute atomic E-state index is 0. The van der Waals surface area contributed by atoms with Gasteiger partial charge in [0.1, 0.15) is 0 Å². The van der Waals surface area contributed by atoms with Gasteiger partial charge < -0.3 is 10.6 Å². The van der Waals surface area contributed by atoms with E-state index in [-0.39, 0.29) is 34.9 Å². The molecule has 0 amide bonds. The van der Waals surface area contributed by atoms with Crippen LogP contribution < -0.4 is 15.8 Å². The molecule has 8 heteroatoms. The molecule has 0 bridgehead atoms. The highest BCUT2D eigenvalue weighted by molar-refractivity contribution is 14.0. The van der Waals surface area contributed by atoms with Gasteiger partial charge in [0.15, 0.2) is 5.96 Å². The molecule has 0 saturated heterocycles. The van der Waals surface area contributed by atoms with Crippen molar-refractivity contribution in [3.8, 4) is 0 Å². The molecule has 2 rings (SSSR count). The second kappa shape index (κ2) is 10.5. The molecule has 142 valence electrons. The molecular weight excluding hydrogens is 463 g/mol. The summed E-state index contributed by atoms with van der Waals surface area (Å²) < 4.78 is 22.6. The van der Waals surface area contributed by atoms with Crippen LogP contribution >= 0.6 is 24.0 Å². The molecule has 0 spiro atoms. The third-order valence-corrected chi connectivity index (χ3v) is 4.60. The number of nitrogens with zero attached hydrogens (tertiary/aromatic N) is 1. The number of primary sulfonamides is 1. The lowest BCUT2D eigenvalue weighted by molar-refractivity contribution is 0.597. The van der Waals surface area contributed by atoms with E-state index in [1.54, 1.807) is 12.1 Å². The second-order valence-electron chi connectivity index (χ2n) is 5.66. The average Bonchev–Trinajstić information content (AvgIpc) is 2.60. The first-order valence-electron chi connectivity index (χ1n) is 8.11. The molecule has 0 aliphatic carbocycles. The molecule has 4 N–H and O–H groups in total. The van der Waals surface area contributed by atoms with Crippen LogP contribution in [0.3, 0.4) is 0 Å². The summed E-state index contributed by atoms with van der Waals surface area (Å²) in [6.07, 6.45) is 0. The number of nitrogens with two attached hydrogens (primary N) is 1. The lowest BCUT2D eigenvalue weighted by atomic mass is 10.1. The van der Waals surface area contributed by atoms with Crippen molar-refractivity contribution in [2.45, 2.75) is 31.3 Å². The molecule has 0 heterocycles. The van der Waals surface area contributed by atoms with Gasteiger partial charge in [-0.3, -0.25) is 0 Å². The zero-order valence-electron chi connectivity index (χ0n) is 14.8. The van der Waals surface area contributed by atoms with Crippen LogP contribution in [0.4, 0.5) is 0 Å². The molecule has 6 nitrogen and oxygen atoms in total. The minimum atomic E-state index is -3.67. The molecule has 0 aliphatic heterocycles. The standard InChI is InChI=1S/C18H24N4O2S.HI/c1-3-20-18(22-14(2)16-7-5-4-6-8-16)21-13-15-9-11-17(12-10-15)25(19,23)24;/h4-12,14H,3,13H2,1-2H3,(H2,19,23,24)(H2,20,21,22);1H. The second-order valence-corrected chi connectivity index (χ2v) is 7.22. The van der Waals surface area contributed by atoms with Crippen molar-refractivity contribution in [1.29, 1.82) is 0 Å². The zero-order chi connectivity index (χ0) is 18.3. The van der Waals surface area contributed by atoms with Gasteiger partial charge in [-0.1, -0.05) is 42.5 Å². The van der Waals surface area contributed by atoms with Crippen molar-refractivity contribution in [1.82, 2.24) is 10.6 Å². The number of sulfonamides is 1. The number of aliphatic imine (C=N–C) groups is 1. The molecule has 0 saturated carbocycles. The summed E-state index contributed by atoms with van der Waals surface area (Å²) >= 11 is 0. The monoisotopic (exact) mass is 488 g/mol. The van der Waals surface area contributed by atoms with E-state index in [1.807, 2.05) is 25.1 Å². The summed E-state index contributed by atoms with van der Waals surface area (Å²) in [4.78, 5) is 4.65. The molecule has 0 radical (unpaired) electrons. The third-order valence-electron chi connectivity index (χ3n) is 3.67. The Hall–Kier alpha value is -1.65. The zero-order valence-corrected chi connectivity index (χ0v) is 18.0. The predicted molar refractivity (Wildman–Crippen MR) is 116 cm³/mol. The highest BCUT2D eigenvalue weighted by Gasteiger charge is 2.08. The molecule has 0 aliphatic rings. The molecule has 2 aromatic carbocycles. The highest BCUT2D eigenvalue weighted by atomic mass is 127. The fraction of sp³-hybridized carbons (Fsp3) is 0.278. The van der Waals surface area contributed by atoms with E-state index in [0.29, 0.717) is 12.5 Å². The Kier molecular flexibility index (Phi) is 9.03. The smallest absolute Gasteiger partial charge is 0.238 e. The van der Waals surface area contributed by atoms with E-state index in [2.05, 4.69) is 34.7 Å². The van der Waals surface area contributed by atoms with E-state index in [4.69, 9.17) is 5.14 Å². The molecule has 26 heavy (non-hydrogen) atoms.